The molecule has 1 heterocycles. The molecule has 0 fully saturated rings. The molecular formula is C15H16N2. The van der Waals surface area contributed by atoms with E-state index in [2.05, 4.69) is 18.2 Å². The van der Waals surface area contributed by atoms with E-state index < -0.39 is 0 Å². The Kier molecular flexibility index (Phi) is 2.56. The first-order valence-electron chi connectivity index (χ1n) is 6.18. The number of pyridine rings is 1. The normalized spacial score (nSPS) is 14.4. The van der Waals surface area contributed by atoms with Gasteiger partial charge in [0.05, 0.1) is 11.4 Å². The highest BCUT2D eigenvalue weighted by atomic mass is 14.8. The van der Waals surface area contributed by atoms with Crippen LogP contribution in [0.3, 0.4) is 0 Å². The van der Waals surface area contributed by atoms with E-state index in [1.807, 2.05) is 18.2 Å². The highest BCUT2D eigenvalue weighted by Crippen LogP contribution is 2.29. The summed E-state index contributed by atoms with van der Waals surface area (Å²) >= 11 is 0. The van der Waals surface area contributed by atoms with Gasteiger partial charge in [0.1, 0.15) is 0 Å². The Hall–Kier alpha value is -1.83. The van der Waals surface area contributed by atoms with Gasteiger partial charge in [0.15, 0.2) is 0 Å². The monoisotopic (exact) mass is 224 g/mol. The Balaban J connectivity index is 2.12. The lowest BCUT2D eigenvalue weighted by atomic mass is 9.94. The number of aryl methyl sites for hydroxylation is 2. The molecule has 3 rings (SSSR count). The van der Waals surface area contributed by atoms with Crippen LogP contribution in [-0.2, 0) is 12.8 Å². The van der Waals surface area contributed by atoms with E-state index in [1.165, 1.54) is 24.1 Å². The molecule has 0 atom stereocenters. The van der Waals surface area contributed by atoms with Gasteiger partial charge in [-0.25, -0.2) is 0 Å². The number of aromatic nitrogens is 1. The maximum Gasteiger partial charge on any atom is 0.0934 e. The van der Waals surface area contributed by atoms with Crippen molar-refractivity contribution in [2.75, 3.05) is 5.73 Å². The molecule has 0 radical (unpaired) electrons. The average Bonchev–Trinajstić information content (AvgIpc) is 2.39. The first-order valence-corrected chi connectivity index (χ1v) is 6.18. The minimum Gasteiger partial charge on any atom is -0.397 e. The average molecular weight is 224 g/mol. The molecule has 0 amide bonds. The van der Waals surface area contributed by atoms with Crippen molar-refractivity contribution in [1.29, 1.82) is 0 Å². The fraction of sp³-hybridized carbons (Fsp3) is 0.267. The number of hydrogen-bond acceptors (Lipinski definition) is 2. The summed E-state index contributed by atoms with van der Waals surface area (Å²) in [5.74, 6) is 0. The van der Waals surface area contributed by atoms with Crippen LogP contribution >= 0.6 is 0 Å². The molecule has 86 valence electrons. The third-order valence-corrected chi connectivity index (χ3v) is 3.38. The number of benzene rings is 1. The molecule has 0 bridgehead atoms. The van der Waals surface area contributed by atoms with Gasteiger partial charge in [0.25, 0.3) is 0 Å². The second-order valence-electron chi connectivity index (χ2n) is 4.61. The molecule has 2 aromatic rings. The van der Waals surface area contributed by atoms with Crippen LogP contribution in [0, 0.1) is 0 Å². The second kappa shape index (κ2) is 4.21. The molecule has 2 heteroatoms. The van der Waals surface area contributed by atoms with Gasteiger partial charge in [-0.1, -0.05) is 30.3 Å². The molecule has 0 unspecified atom stereocenters. The molecule has 1 aliphatic rings. The Morgan fingerprint density at radius 2 is 1.76 bits per heavy atom. The highest BCUT2D eigenvalue weighted by Gasteiger charge is 2.14. The Labute approximate surface area is 102 Å². The lowest BCUT2D eigenvalue weighted by Crippen LogP contribution is -2.08. The summed E-state index contributed by atoms with van der Waals surface area (Å²) in [5.41, 5.74) is 11.5. The maximum atomic E-state index is 6.11. The van der Waals surface area contributed by atoms with E-state index in [1.54, 1.807) is 0 Å². The van der Waals surface area contributed by atoms with Gasteiger partial charge in [0.2, 0.25) is 0 Å². The molecule has 1 aromatic heterocycles. The van der Waals surface area contributed by atoms with Crippen molar-refractivity contribution in [3.8, 4) is 11.3 Å². The molecule has 0 aliphatic heterocycles. The van der Waals surface area contributed by atoms with Gasteiger partial charge in [-0.05, 0) is 37.3 Å². The van der Waals surface area contributed by atoms with Crippen molar-refractivity contribution in [1.82, 2.24) is 4.98 Å². The van der Waals surface area contributed by atoms with Crippen molar-refractivity contribution in [2.24, 2.45) is 0 Å². The third kappa shape index (κ3) is 1.91. The quantitative estimate of drug-likeness (QED) is 0.807. The van der Waals surface area contributed by atoms with Crippen LogP contribution in [0.5, 0.6) is 0 Å². The molecule has 1 aromatic carbocycles. The van der Waals surface area contributed by atoms with Crippen LogP contribution in [0.4, 0.5) is 5.69 Å². The molecule has 0 saturated heterocycles. The number of rotatable bonds is 1. The van der Waals surface area contributed by atoms with Crippen molar-refractivity contribution in [3.63, 3.8) is 0 Å². The number of nitrogens with two attached hydrogens (primary N) is 1. The number of anilines is 1. The second-order valence-corrected chi connectivity index (χ2v) is 4.61. The lowest BCUT2D eigenvalue weighted by Gasteiger charge is -2.17. The molecule has 0 saturated carbocycles. The minimum absolute atomic E-state index is 0.803. The predicted molar refractivity (Wildman–Crippen MR) is 70.7 cm³/mol. The smallest absolute Gasteiger partial charge is 0.0934 e. The van der Waals surface area contributed by atoms with Crippen LogP contribution in [0.2, 0.25) is 0 Å². The number of nitrogens with zero attached hydrogens (tertiary/aromatic N) is 1. The summed E-state index contributed by atoms with van der Waals surface area (Å²) in [6, 6.07) is 12.3. The molecule has 17 heavy (non-hydrogen) atoms. The zero-order chi connectivity index (χ0) is 11.7. The summed E-state index contributed by atoms with van der Waals surface area (Å²) < 4.78 is 0. The van der Waals surface area contributed by atoms with Crippen LogP contribution in [0.15, 0.2) is 36.4 Å². The number of nitrogen functional groups attached to an aromatic ring is 1. The van der Waals surface area contributed by atoms with Gasteiger partial charge >= 0.3 is 0 Å². The van der Waals surface area contributed by atoms with Crippen molar-refractivity contribution in [2.45, 2.75) is 25.7 Å². The number of hydrogen-bond donors (Lipinski definition) is 1. The van der Waals surface area contributed by atoms with Gasteiger partial charge in [-0.3, -0.25) is 4.98 Å². The summed E-state index contributed by atoms with van der Waals surface area (Å²) in [5, 5.41) is 0. The van der Waals surface area contributed by atoms with Crippen LogP contribution < -0.4 is 5.73 Å². The fourth-order valence-corrected chi connectivity index (χ4v) is 2.48. The Bertz CT molecular complexity index is 532. The van der Waals surface area contributed by atoms with E-state index in [4.69, 9.17) is 10.7 Å². The van der Waals surface area contributed by atoms with Gasteiger partial charge in [-0.15, -0.1) is 0 Å². The van der Waals surface area contributed by atoms with E-state index in [9.17, 15) is 0 Å². The maximum absolute atomic E-state index is 6.11. The summed E-state index contributed by atoms with van der Waals surface area (Å²) in [7, 11) is 0. The minimum atomic E-state index is 0.803. The fourth-order valence-electron chi connectivity index (χ4n) is 2.48. The molecule has 0 spiro atoms. The zero-order valence-electron chi connectivity index (χ0n) is 9.82. The van der Waals surface area contributed by atoms with Gasteiger partial charge in [0, 0.05) is 11.3 Å². The SMILES string of the molecule is Nc1cc2c(nc1-c1ccccc1)CCCC2. The summed E-state index contributed by atoms with van der Waals surface area (Å²) in [4.78, 5) is 4.76. The number of fused-ring (bicyclic) bond motifs is 1. The summed E-state index contributed by atoms with van der Waals surface area (Å²) in [6.07, 6.45) is 4.73. The molecular weight excluding hydrogens is 208 g/mol. The van der Waals surface area contributed by atoms with Crippen LogP contribution in [0.1, 0.15) is 24.1 Å². The topological polar surface area (TPSA) is 38.9 Å². The van der Waals surface area contributed by atoms with E-state index >= 15 is 0 Å². The highest BCUT2D eigenvalue weighted by molar-refractivity contribution is 5.73. The standard InChI is InChI=1S/C15H16N2/c16-13-10-12-8-4-5-9-14(12)17-15(13)11-6-2-1-3-7-11/h1-3,6-7,10H,4-5,8-9,16H2. The first-order chi connectivity index (χ1) is 8.34. The van der Waals surface area contributed by atoms with E-state index in [-0.39, 0.29) is 0 Å². The van der Waals surface area contributed by atoms with Gasteiger partial charge < -0.3 is 5.73 Å². The molecule has 2 N–H and O–H groups in total. The Morgan fingerprint density at radius 3 is 2.59 bits per heavy atom. The third-order valence-electron chi connectivity index (χ3n) is 3.38. The van der Waals surface area contributed by atoms with E-state index in [0.29, 0.717) is 0 Å². The largest absolute Gasteiger partial charge is 0.397 e. The van der Waals surface area contributed by atoms with Gasteiger partial charge in [-0.2, -0.15) is 0 Å². The van der Waals surface area contributed by atoms with Crippen LogP contribution in [0.25, 0.3) is 11.3 Å². The van der Waals surface area contributed by atoms with Crippen LogP contribution in [-0.4, -0.2) is 4.98 Å². The predicted octanol–water partition coefficient (Wildman–Crippen LogP) is 3.21. The van der Waals surface area contributed by atoms with Crippen molar-refractivity contribution in [3.05, 3.63) is 47.7 Å². The lowest BCUT2D eigenvalue weighted by molar-refractivity contribution is 0.669. The molecule has 1 aliphatic carbocycles. The molecule has 2 nitrogen and oxygen atoms in total. The van der Waals surface area contributed by atoms with Crippen molar-refractivity contribution < 1.29 is 0 Å². The van der Waals surface area contributed by atoms with E-state index in [0.717, 1.165) is 29.8 Å². The zero-order valence-corrected chi connectivity index (χ0v) is 9.82. The Morgan fingerprint density at radius 1 is 1.00 bits per heavy atom. The first kappa shape index (κ1) is 10.3. The summed E-state index contributed by atoms with van der Waals surface area (Å²) in [6.45, 7) is 0. The van der Waals surface area contributed by atoms with Crippen molar-refractivity contribution >= 4 is 5.69 Å².